The lowest BCUT2D eigenvalue weighted by molar-refractivity contribution is -0.117. The van der Waals surface area contributed by atoms with Crippen molar-refractivity contribution >= 4 is 41.1 Å². The van der Waals surface area contributed by atoms with Gasteiger partial charge in [-0.05, 0) is 29.8 Å². The maximum atomic E-state index is 11.6. The molecule has 0 aliphatic rings. The zero-order valence-corrected chi connectivity index (χ0v) is 12.1. The van der Waals surface area contributed by atoms with E-state index in [1.54, 1.807) is 24.3 Å². The van der Waals surface area contributed by atoms with Crippen LogP contribution in [0.1, 0.15) is 16.1 Å². The third-order valence-electron chi connectivity index (χ3n) is 2.44. The first-order chi connectivity index (χ1) is 10.1. The third kappa shape index (κ3) is 4.11. The van der Waals surface area contributed by atoms with Gasteiger partial charge < -0.3 is 4.42 Å². The number of nitrogens with one attached hydrogen (secondary N) is 2. The van der Waals surface area contributed by atoms with Crippen LogP contribution < -0.4 is 10.9 Å². The van der Waals surface area contributed by atoms with Crippen LogP contribution >= 0.6 is 23.2 Å². The van der Waals surface area contributed by atoms with Crippen LogP contribution in [0, 0.1) is 0 Å². The van der Waals surface area contributed by atoms with E-state index in [-0.39, 0.29) is 5.76 Å². The zero-order chi connectivity index (χ0) is 15.2. The Morgan fingerprint density at radius 1 is 1.10 bits per heavy atom. The molecule has 108 valence electrons. The molecule has 0 atom stereocenters. The van der Waals surface area contributed by atoms with Gasteiger partial charge in [0.1, 0.15) is 0 Å². The van der Waals surface area contributed by atoms with Crippen LogP contribution in [0.25, 0.3) is 6.08 Å². The normalized spacial score (nSPS) is 10.6. The van der Waals surface area contributed by atoms with Gasteiger partial charge >= 0.3 is 5.91 Å². The molecule has 5 nitrogen and oxygen atoms in total. The summed E-state index contributed by atoms with van der Waals surface area (Å²) in [6.07, 6.45) is 4.07. The fourth-order valence-electron chi connectivity index (χ4n) is 1.44. The minimum absolute atomic E-state index is 0.0946. The molecule has 1 aromatic carbocycles. The summed E-state index contributed by atoms with van der Waals surface area (Å²) in [7, 11) is 0. The first-order valence-corrected chi connectivity index (χ1v) is 6.59. The molecule has 0 aliphatic heterocycles. The van der Waals surface area contributed by atoms with Gasteiger partial charge in [0.05, 0.1) is 16.3 Å². The summed E-state index contributed by atoms with van der Waals surface area (Å²) < 4.78 is 4.87. The number of rotatable bonds is 3. The van der Waals surface area contributed by atoms with E-state index in [1.807, 2.05) is 0 Å². The van der Waals surface area contributed by atoms with Gasteiger partial charge in [-0.15, -0.1) is 0 Å². The molecule has 2 N–H and O–H groups in total. The molecule has 0 fully saturated rings. The molecular weight excluding hydrogens is 315 g/mol. The Morgan fingerprint density at radius 3 is 2.62 bits per heavy atom. The monoisotopic (exact) mass is 324 g/mol. The number of furan rings is 1. The number of halogens is 2. The van der Waals surface area contributed by atoms with E-state index in [4.69, 9.17) is 27.6 Å². The molecule has 0 bridgehead atoms. The van der Waals surface area contributed by atoms with Crippen molar-refractivity contribution in [2.75, 3.05) is 0 Å². The van der Waals surface area contributed by atoms with Crippen molar-refractivity contribution in [3.05, 3.63) is 64.0 Å². The molecule has 0 aliphatic carbocycles. The highest BCUT2D eigenvalue weighted by atomic mass is 35.5. The van der Waals surface area contributed by atoms with Crippen molar-refractivity contribution in [2.24, 2.45) is 0 Å². The predicted octanol–water partition coefficient (Wildman–Crippen LogP) is 3.06. The fourth-order valence-corrected chi connectivity index (χ4v) is 1.81. The topological polar surface area (TPSA) is 71.3 Å². The highest BCUT2D eigenvalue weighted by molar-refractivity contribution is 6.42. The van der Waals surface area contributed by atoms with E-state index < -0.39 is 11.8 Å². The molecule has 1 aromatic heterocycles. The van der Waals surface area contributed by atoms with Crippen molar-refractivity contribution in [2.45, 2.75) is 0 Å². The van der Waals surface area contributed by atoms with Crippen LogP contribution in [0.5, 0.6) is 0 Å². The van der Waals surface area contributed by atoms with Gasteiger partial charge in [-0.25, -0.2) is 0 Å². The molecule has 0 saturated carbocycles. The second-order valence-electron chi connectivity index (χ2n) is 3.90. The van der Waals surface area contributed by atoms with Crippen molar-refractivity contribution in [1.82, 2.24) is 10.9 Å². The van der Waals surface area contributed by atoms with E-state index in [0.717, 1.165) is 0 Å². The molecule has 0 spiro atoms. The number of carbonyl (C=O) groups is 2. The number of benzene rings is 1. The maximum Gasteiger partial charge on any atom is 0.305 e. The number of hydrogen-bond donors (Lipinski definition) is 2. The lowest BCUT2D eigenvalue weighted by Gasteiger charge is -2.03. The van der Waals surface area contributed by atoms with Crippen LogP contribution in [0.4, 0.5) is 0 Å². The minimum atomic E-state index is -0.553. The van der Waals surface area contributed by atoms with Crippen LogP contribution in [-0.4, -0.2) is 11.8 Å². The first kappa shape index (κ1) is 15.2. The largest absolute Gasteiger partial charge is 0.459 e. The third-order valence-corrected chi connectivity index (χ3v) is 3.27. The number of hydrogen-bond acceptors (Lipinski definition) is 3. The summed E-state index contributed by atoms with van der Waals surface area (Å²) >= 11 is 11.8. The van der Waals surface area contributed by atoms with Crippen LogP contribution in [-0.2, 0) is 4.79 Å². The molecule has 7 heteroatoms. The average molecular weight is 325 g/mol. The van der Waals surface area contributed by atoms with E-state index >= 15 is 0 Å². The summed E-state index contributed by atoms with van der Waals surface area (Å²) in [5.74, 6) is -0.981. The quantitative estimate of drug-likeness (QED) is 0.673. The Bertz CT molecular complexity index is 682. The zero-order valence-electron chi connectivity index (χ0n) is 10.6. The molecule has 2 amide bonds. The minimum Gasteiger partial charge on any atom is -0.459 e. The molecule has 1 heterocycles. The van der Waals surface area contributed by atoms with Gasteiger partial charge in [-0.3, -0.25) is 20.4 Å². The molecule has 0 saturated heterocycles. The van der Waals surface area contributed by atoms with Crippen molar-refractivity contribution in [1.29, 1.82) is 0 Å². The second kappa shape index (κ2) is 6.97. The Morgan fingerprint density at radius 2 is 1.90 bits per heavy atom. The Balaban J connectivity index is 1.91. The van der Waals surface area contributed by atoms with Gasteiger partial charge in [-0.2, -0.15) is 0 Å². The smallest absolute Gasteiger partial charge is 0.305 e. The van der Waals surface area contributed by atoms with E-state index in [2.05, 4.69) is 10.9 Å². The van der Waals surface area contributed by atoms with E-state index in [0.29, 0.717) is 15.6 Å². The van der Waals surface area contributed by atoms with Gasteiger partial charge in [0.25, 0.3) is 5.91 Å². The number of amides is 2. The second-order valence-corrected chi connectivity index (χ2v) is 4.68. The van der Waals surface area contributed by atoms with Crippen LogP contribution in [0.3, 0.4) is 0 Å². The van der Waals surface area contributed by atoms with Crippen molar-refractivity contribution < 1.29 is 14.0 Å². The molecule has 0 radical (unpaired) electrons. The molecule has 0 unspecified atom stereocenters. The van der Waals surface area contributed by atoms with Crippen molar-refractivity contribution in [3.63, 3.8) is 0 Å². The summed E-state index contributed by atoms with van der Waals surface area (Å²) in [6, 6.07) is 8.11. The summed E-state index contributed by atoms with van der Waals surface area (Å²) in [4.78, 5) is 23.1. The lowest BCUT2D eigenvalue weighted by atomic mass is 10.2. The Labute approximate surface area is 130 Å². The van der Waals surface area contributed by atoms with Gasteiger partial charge in [0.15, 0.2) is 5.76 Å². The molecule has 21 heavy (non-hydrogen) atoms. The Hall–Kier alpha value is -2.24. The van der Waals surface area contributed by atoms with Gasteiger partial charge in [-0.1, -0.05) is 35.3 Å². The maximum absolute atomic E-state index is 11.6. The first-order valence-electron chi connectivity index (χ1n) is 5.84. The van der Waals surface area contributed by atoms with Gasteiger partial charge in [0, 0.05) is 6.08 Å². The standard InChI is InChI=1S/C14H10Cl2N2O3/c15-10-4-1-3-9(13(10)16)6-7-12(19)17-18-14(20)11-5-2-8-21-11/h1-8H,(H,17,19)(H,18,20)/b7-6+. The highest BCUT2D eigenvalue weighted by Crippen LogP contribution is 2.26. The summed E-state index contributed by atoms with van der Waals surface area (Å²) in [5.41, 5.74) is 5.01. The van der Waals surface area contributed by atoms with Gasteiger partial charge in [0.2, 0.25) is 0 Å². The number of hydrazine groups is 1. The lowest BCUT2D eigenvalue weighted by Crippen LogP contribution is -2.40. The highest BCUT2D eigenvalue weighted by Gasteiger charge is 2.08. The van der Waals surface area contributed by atoms with E-state index in [1.165, 1.54) is 24.5 Å². The fraction of sp³-hybridized carbons (Fsp3) is 0. The van der Waals surface area contributed by atoms with Crippen LogP contribution in [0.15, 0.2) is 47.1 Å². The molecule has 2 rings (SSSR count). The summed E-state index contributed by atoms with van der Waals surface area (Å²) in [5, 5.41) is 0.744. The number of carbonyl (C=O) groups excluding carboxylic acids is 2. The van der Waals surface area contributed by atoms with Crippen molar-refractivity contribution in [3.8, 4) is 0 Å². The summed E-state index contributed by atoms with van der Waals surface area (Å²) in [6.45, 7) is 0. The predicted molar refractivity (Wildman–Crippen MR) is 79.8 cm³/mol. The molecule has 2 aromatic rings. The SMILES string of the molecule is O=C(/C=C/c1cccc(Cl)c1Cl)NNC(=O)c1ccco1. The van der Waals surface area contributed by atoms with E-state index in [9.17, 15) is 9.59 Å². The average Bonchev–Trinajstić information content (AvgIpc) is 3.00. The Kier molecular flexibility index (Phi) is 5.03. The van der Waals surface area contributed by atoms with Crippen LogP contribution in [0.2, 0.25) is 10.0 Å². The molecular formula is C14H10Cl2N2O3.